The average Bonchev–Trinajstić information content (AvgIpc) is 2.70. The number of esters is 3. The smallest absolute Gasteiger partial charge is 0.308 e. The van der Waals surface area contributed by atoms with Gasteiger partial charge in [0, 0.05) is 58.5 Å². The lowest BCUT2D eigenvalue weighted by atomic mass is 9.89. The predicted octanol–water partition coefficient (Wildman–Crippen LogP) is 2.09. The fourth-order valence-corrected chi connectivity index (χ4v) is 3.77. The molecule has 1 heterocycles. The van der Waals surface area contributed by atoms with E-state index in [4.69, 9.17) is 23.7 Å². The van der Waals surface area contributed by atoms with E-state index in [0.29, 0.717) is 11.1 Å². The molecule has 0 saturated heterocycles. The summed E-state index contributed by atoms with van der Waals surface area (Å²) in [4.78, 5) is 48.2. The lowest BCUT2D eigenvalue weighted by molar-refractivity contribution is -0.137. The van der Waals surface area contributed by atoms with Gasteiger partial charge >= 0.3 is 17.9 Å². The van der Waals surface area contributed by atoms with E-state index in [0.717, 1.165) is 0 Å². The summed E-state index contributed by atoms with van der Waals surface area (Å²) in [6.45, 7) is 3.71. The van der Waals surface area contributed by atoms with Crippen LogP contribution in [0.25, 0.3) is 10.9 Å². The average molecular weight is 445 g/mol. The predicted molar refractivity (Wildman–Crippen MR) is 112 cm³/mol. The minimum absolute atomic E-state index is 0.0353. The molecule has 0 fully saturated rings. The van der Waals surface area contributed by atoms with Gasteiger partial charge in [0.2, 0.25) is 0 Å². The van der Waals surface area contributed by atoms with Crippen molar-refractivity contribution in [3.05, 3.63) is 39.4 Å². The molecule has 2 aromatic rings. The van der Waals surface area contributed by atoms with Crippen LogP contribution in [0.5, 0.6) is 17.2 Å². The third-order valence-corrected chi connectivity index (χ3v) is 4.90. The second kappa shape index (κ2) is 8.83. The van der Waals surface area contributed by atoms with Crippen LogP contribution in [0.2, 0.25) is 0 Å². The fourth-order valence-electron chi connectivity index (χ4n) is 3.77. The van der Waals surface area contributed by atoms with Gasteiger partial charge in [0.25, 0.3) is 5.56 Å². The van der Waals surface area contributed by atoms with Crippen molar-refractivity contribution < 1.29 is 38.1 Å². The van der Waals surface area contributed by atoms with Gasteiger partial charge in [0.05, 0.1) is 12.5 Å². The maximum Gasteiger partial charge on any atom is 0.308 e. The Morgan fingerprint density at radius 1 is 0.969 bits per heavy atom. The Kier molecular flexibility index (Phi) is 6.35. The molecule has 0 N–H and O–H groups in total. The number of aromatic nitrogens is 1. The van der Waals surface area contributed by atoms with Gasteiger partial charge in [-0.2, -0.15) is 0 Å². The summed E-state index contributed by atoms with van der Waals surface area (Å²) in [6.07, 6.45) is 0.758. The van der Waals surface area contributed by atoms with Crippen molar-refractivity contribution in [2.24, 2.45) is 7.05 Å². The van der Waals surface area contributed by atoms with Crippen LogP contribution in [0.3, 0.4) is 0 Å². The summed E-state index contributed by atoms with van der Waals surface area (Å²) in [7, 11) is 4.27. The molecule has 0 radical (unpaired) electrons. The third kappa shape index (κ3) is 4.09. The number of carbonyl (C=O) groups excluding carboxylic acids is 3. The molecular formula is C22H23NO9. The molecule has 0 spiro atoms. The van der Waals surface area contributed by atoms with E-state index in [1.165, 1.54) is 52.7 Å². The van der Waals surface area contributed by atoms with Gasteiger partial charge in [-0.05, 0) is 6.08 Å². The normalized spacial score (nSPS) is 14.9. The van der Waals surface area contributed by atoms with Gasteiger partial charge in [0.15, 0.2) is 5.75 Å². The molecule has 0 saturated carbocycles. The number of aryl methyl sites for hydroxylation is 1. The van der Waals surface area contributed by atoms with Crippen molar-refractivity contribution in [3.8, 4) is 17.2 Å². The summed E-state index contributed by atoms with van der Waals surface area (Å²) >= 11 is 0. The number of carbonyl (C=O) groups is 3. The zero-order valence-electron chi connectivity index (χ0n) is 18.6. The number of nitrogens with zero attached hydrogens (tertiary/aromatic N) is 1. The highest BCUT2D eigenvalue weighted by atomic mass is 16.6. The summed E-state index contributed by atoms with van der Waals surface area (Å²) in [5, 5.41) is 0.249. The molecule has 1 aliphatic rings. The Labute approximate surface area is 183 Å². The standard InChI is InChI=1S/C22H23NO9/c1-10(24)30-13-7-14-18(15(8-13)28-5)22(32-12(3)26)20-19(21(14)31-11(2)25)16(29-6)9-17(27)23(20)4/h8-9,15H,7H2,1-6H3. The van der Waals surface area contributed by atoms with E-state index in [9.17, 15) is 19.2 Å². The van der Waals surface area contributed by atoms with E-state index in [1.54, 1.807) is 6.08 Å². The highest BCUT2D eigenvalue weighted by Crippen LogP contribution is 2.50. The van der Waals surface area contributed by atoms with E-state index in [-0.39, 0.29) is 40.3 Å². The maximum absolute atomic E-state index is 12.6. The number of allylic oxidation sites excluding steroid dienone is 1. The maximum atomic E-state index is 12.6. The SMILES string of the molecule is COc1cc(=O)n(C)c2c(OC(C)=O)c3c(c(OC(C)=O)c12)CC(OC(C)=O)=CC3OC. The second-order valence-electron chi connectivity index (χ2n) is 7.13. The van der Waals surface area contributed by atoms with E-state index in [1.807, 2.05) is 0 Å². The number of hydrogen-bond acceptors (Lipinski definition) is 9. The second-order valence-corrected chi connectivity index (χ2v) is 7.13. The lowest BCUT2D eigenvalue weighted by Gasteiger charge is -2.29. The van der Waals surface area contributed by atoms with E-state index in [2.05, 4.69) is 0 Å². The van der Waals surface area contributed by atoms with Crippen LogP contribution < -0.4 is 19.8 Å². The monoisotopic (exact) mass is 445 g/mol. The van der Waals surface area contributed by atoms with Gasteiger partial charge in [-0.3, -0.25) is 19.2 Å². The zero-order chi connectivity index (χ0) is 23.7. The Morgan fingerprint density at radius 2 is 1.56 bits per heavy atom. The molecule has 0 bridgehead atoms. The first kappa shape index (κ1) is 23.0. The molecule has 1 atom stereocenters. The van der Waals surface area contributed by atoms with Crippen molar-refractivity contribution in [3.63, 3.8) is 0 Å². The van der Waals surface area contributed by atoms with Crippen LogP contribution in [-0.2, 0) is 37.3 Å². The number of fused-ring (bicyclic) bond motifs is 2. The van der Waals surface area contributed by atoms with E-state index >= 15 is 0 Å². The zero-order valence-corrected chi connectivity index (χ0v) is 18.6. The first-order chi connectivity index (χ1) is 15.1. The van der Waals surface area contributed by atoms with Crippen molar-refractivity contribution in [2.75, 3.05) is 14.2 Å². The van der Waals surface area contributed by atoms with E-state index < -0.39 is 29.6 Å². The third-order valence-electron chi connectivity index (χ3n) is 4.90. The largest absolute Gasteiger partial charge is 0.496 e. The highest BCUT2D eigenvalue weighted by molar-refractivity contribution is 6.00. The summed E-state index contributed by atoms with van der Waals surface area (Å²) < 4.78 is 28.6. The number of benzene rings is 1. The van der Waals surface area contributed by atoms with Gasteiger partial charge < -0.3 is 28.3 Å². The lowest BCUT2D eigenvalue weighted by Crippen LogP contribution is -2.23. The first-order valence-electron chi connectivity index (χ1n) is 9.64. The molecule has 1 aromatic carbocycles. The molecule has 1 unspecified atom stereocenters. The minimum atomic E-state index is -0.831. The number of ether oxygens (including phenoxy) is 5. The molecular weight excluding hydrogens is 422 g/mol. The van der Waals surface area contributed by atoms with Crippen molar-refractivity contribution in [1.82, 2.24) is 4.57 Å². The number of methoxy groups -OCH3 is 2. The van der Waals surface area contributed by atoms with Crippen LogP contribution in [0, 0.1) is 0 Å². The Bertz CT molecular complexity index is 1220. The molecule has 0 amide bonds. The molecule has 1 aromatic heterocycles. The van der Waals surface area contributed by atoms with Gasteiger partial charge in [0.1, 0.15) is 28.9 Å². The van der Waals surface area contributed by atoms with Crippen molar-refractivity contribution in [2.45, 2.75) is 33.3 Å². The molecule has 1 aliphatic carbocycles. The minimum Gasteiger partial charge on any atom is -0.496 e. The fraction of sp³-hybridized carbons (Fsp3) is 0.364. The molecule has 32 heavy (non-hydrogen) atoms. The first-order valence-corrected chi connectivity index (χ1v) is 9.64. The van der Waals surface area contributed by atoms with Crippen molar-refractivity contribution in [1.29, 1.82) is 0 Å². The Morgan fingerprint density at radius 3 is 2.09 bits per heavy atom. The molecule has 170 valence electrons. The molecule has 10 nitrogen and oxygen atoms in total. The Hall–Kier alpha value is -3.66. The van der Waals surface area contributed by atoms with Crippen LogP contribution in [0.4, 0.5) is 0 Å². The van der Waals surface area contributed by atoms with Crippen LogP contribution in [0.1, 0.15) is 38.0 Å². The quantitative estimate of drug-likeness (QED) is 0.503. The number of pyridine rings is 1. The summed E-state index contributed by atoms with van der Waals surface area (Å²) in [6, 6.07) is 1.23. The molecule has 0 aliphatic heterocycles. The van der Waals surface area contributed by atoms with Gasteiger partial charge in [-0.25, -0.2) is 0 Å². The van der Waals surface area contributed by atoms with Crippen molar-refractivity contribution >= 4 is 28.8 Å². The molecule has 10 heteroatoms. The number of rotatable bonds is 5. The van der Waals surface area contributed by atoms with Crippen LogP contribution in [0.15, 0.2) is 22.7 Å². The molecule has 3 rings (SSSR count). The van der Waals surface area contributed by atoms with Crippen LogP contribution in [-0.4, -0.2) is 36.7 Å². The van der Waals surface area contributed by atoms with Gasteiger partial charge in [-0.15, -0.1) is 0 Å². The van der Waals surface area contributed by atoms with Crippen LogP contribution >= 0.6 is 0 Å². The van der Waals surface area contributed by atoms with Gasteiger partial charge in [-0.1, -0.05) is 0 Å². The summed E-state index contributed by atoms with van der Waals surface area (Å²) in [5.41, 5.74) is 0.514. The Balaban J connectivity index is 2.56. The topological polar surface area (TPSA) is 119 Å². The number of hydrogen-bond donors (Lipinski definition) is 0. The summed E-state index contributed by atoms with van der Waals surface area (Å²) in [5.74, 6) is -1.26. The highest BCUT2D eigenvalue weighted by Gasteiger charge is 2.35.